The second-order valence-electron chi connectivity index (χ2n) is 7.02. The van der Waals surface area contributed by atoms with Gasteiger partial charge >= 0.3 is 0 Å². The van der Waals surface area contributed by atoms with Crippen molar-refractivity contribution in [3.05, 3.63) is 0 Å². The molecule has 1 aliphatic heterocycles. The Hall–Kier alpha value is -0.0800. The Labute approximate surface area is 127 Å². The van der Waals surface area contributed by atoms with E-state index < -0.39 is 0 Å². The molecule has 1 heterocycles. The molecule has 0 aromatic rings. The van der Waals surface area contributed by atoms with Crippen LogP contribution in [-0.2, 0) is 0 Å². The Balaban J connectivity index is 2.55. The van der Waals surface area contributed by atoms with Crippen LogP contribution in [0.5, 0.6) is 0 Å². The van der Waals surface area contributed by atoms with Crippen LogP contribution in [0.15, 0.2) is 0 Å². The SMILES string of the molecule is CCCCCCC(C)(CCCCC)N1CCCCC1N. The van der Waals surface area contributed by atoms with Crippen molar-refractivity contribution in [3.63, 3.8) is 0 Å². The van der Waals surface area contributed by atoms with Crippen molar-refractivity contribution < 1.29 is 0 Å². The minimum absolute atomic E-state index is 0.307. The molecule has 0 amide bonds. The van der Waals surface area contributed by atoms with Crippen LogP contribution in [0.25, 0.3) is 0 Å². The van der Waals surface area contributed by atoms with E-state index in [9.17, 15) is 0 Å². The van der Waals surface area contributed by atoms with E-state index in [1.807, 2.05) is 0 Å². The first-order valence-corrected chi connectivity index (χ1v) is 9.16. The van der Waals surface area contributed by atoms with E-state index >= 15 is 0 Å². The highest BCUT2D eigenvalue weighted by Crippen LogP contribution is 2.33. The minimum Gasteiger partial charge on any atom is -0.316 e. The summed E-state index contributed by atoms with van der Waals surface area (Å²) >= 11 is 0. The molecule has 2 atom stereocenters. The van der Waals surface area contributed by atoms with Crippen LogP contribution in [0.2, 0.25) is 0 Å². The number of rotatable bonds is 10. The van der Waals surface area contributed by atoms with Gasteiger partial charge < -0.3 is 5.73 Å². The third kappa shape index (κ3) is 5.73. The first-order valence-electron chi connectivity index (χ1n) is 9.16. The first-order chi connectivity index (χ1) is 9.64. The lowest BCUT2D eigenvalue weighted by Gasteiger charge is -2.47. The van der Waals surface area contributed by atoms with Crippen molar-refractivity contribution in [1.29, 1.82) is 0 Å². The zero-order valence-electron chi connectivity index (χ0n) is 14.3. The fourth-order valence-corrected chi connectivity index (χ4v) is 3.73. The summed E-state index contributed by atoms with van der Waals surface area (Å²) in [6.45, 7) is 8.30. The predicted molar refractivity (Wildman–Crippen MR) is 89.8 cm³/mol. The number of likely N-dealkylation sites (tertiary alicyclic amines) is 1. The van der Waals surface area contributed by atoms with Crippen LogP contribution in [0.1, 0.15) is 97.8 Å². The normalized spacial score (nSPS) is 23.7. The van der Waals surface area contributed by atoms with Gasteiger partial charge in [-0.3, -0.25) is 4.90 Å². The molecule has 0 saturated carbocycles. The highest BCUT2D eigenvalue weighted by atomic mass is 15.3. The highest BCUT2D eigenvalue weighted by Gasteiger charge is 2.35. The molecule has 2 unspecified atom stereocenters. The van der Waals surface area contributed by atoms with Gasteiger partial charge in [-0.15, -0.1) is 0 Å². The smallest absolute Gasteiger partial charge is 0.0576 e. The number of nitrogens with zero attached hydrogens (tertiary/aromatic N) is 1. The first kappa shape index (κ1) is 18.0. The molecule has 0 aliphatic carbocycles. The summed E-state index contributed by atoms with van der Waals surface area (Å²) in [5.41, 5.74) is 6.78. The number of nitrogens with two attached hydrogens (primary N) is 1. The van der Waals surface area contributed by atoms with E-state index in [4.69, 9.17) is 5.73 Å². The Morgan fingerprint density at radius 2 is 1.55 bits per heavy atom. The molecule has 1 rings (SSSR count). The van der Waals surface area contributed by atoms with Crippen LogP contribution in [0, 0.1) is 0 Å². The lowest BCUT2D eigenvalue weighted by Crippen LogP contribution is -2.57. The lowest BCUT2D eigenvalue weighted by atomic mass is 9.84. The van der Waals surface area contributed by atoms with E-state index in [0.717, 1.165) is 0 Å². The molecule has 0 radical (unpaired) electrons. The zero-order chi connectivity index (χ0) is 14.8. The Morgan fingerprint density at radius 3 is 2.15 bits per heavy atom. The number of hydrogen-bond acceptors (Lipinski definition) is 2. The van der Waals surface area contributed by atoms with Gasteiger partial charge in [0.2, 0.25) is 0 Å². The molecule has 120 valence electrons. The molecule has 2 heteroatoms. The molecule has 20 heavy (non-hydrogen) atoms. The van der Waals surface area contributed by atoms with E-state index in [0.29, 0.717) is 11.7 Å². The summed E-state index contributed by atoms with van der Waals surface area (Å²) in [5, 5.41) is 0. The molecular formula is C18H38N2. The standard InChI is InChI=1S/C18H38N2/c1-4-6-8-11-15-18(3,14-10-7-5-2)20-16-12-9-13-17(20)19/h17H,4-16,19H2,1-3H3. The van der Waals surface area contributed by atoms with Gasteiger partial charge in [-0.05, 0) is 39.0 Å². The quantitative estimate of drug-likeness (QED) is 0.567. The Kier molecular flexibility index (Phi) is 8.79. The van der Waals surface area contributed by atoms with Gasteiger partial charge in [0.05, 0.1) is 6.17 Å². The van der Waals surface area contributed by atoms with Crippen molar-refractivity contribution in [2.24, 2.45) is 5.73 Å². The van der Waals surface area contributed by atoms with Crippen molar-refractivity contribution in [1.82, 2.24) is 4.90 Å². The minimum atomic E-state index is 0.307. The largest absolute Gasteiger partial charge is 0.316 e. The molecule has 0 aromatic carbocycles. The van der Waals surface area contributed by atoms with Crippen molar-refractivity contribution >= 4 is 0 Å². The van der Waals surface area contributed by atoms with Gasteiger partial charge in [0.25, 0.3) is 0 Å². The van der Waals surface area contributed by atoms with E-state index in [2.05, 4.69) is 25.7 Å². The molecule has 1 fully saturated rings. The predicted octanol–water partition coefficient (Wildman–Crippen LogP) is 5.07. The summed E-state index contributed by atoms with van der Waals surface area (Å²) in [5.74, 6) is 0. The second-order valence-corrected chi connectivity index (χ2v) is 7.02. The van der Waals surface area contributed by atoms with E-state index in [1.165, 1.54) is 83.6 Å². The van der Waals surface area contributed by atoms with Crippen LogP contribution < -0.4 is 5.73 Å². The molecule has 0 spiro atoms. The molecule has 2 N–H and O–H groups in total. The van der Waals surface area contributed by atoms with Crippen LogP contribution in [0.4, 0.5) is 0 Å². The van der Waals surface area contributed by atoms with Gasteiger partial charge in [-0.2, -0.15) is 0 Å². The third-order valence-corrected chi connectivity index (χ3v) is 5.13. The fraction of sp³-hybridized carbons (Fsp3) is 1.00. The van der Waals surface area contributed by atoms with Gasteiger partial charge in [-0.25, -0.2) is 0 Å². The molecule has 2 nitrogen and oxygen atoms in total. The Morgan fingerprint density at radius 1 is 0.950 bits per heavy atom. The molecule has 0 bridgehead atoms. The van der Waals surface area contributed by atoms with Crippen LogP contribution in [0.3, 0.4) is 0 Å². The van der Waals surface area contributed by atoms with Crippen LogP contribution >= 0.6 is 0 Å². The van der Waals surface area contributed by atoms with Crippen LogP contribution in [-0.4, -0.2) is 23.1 Å². The monoisotopic (exact) mass is 282 g/mol. The summed E-state index contributed by atoms with van der Waals surface area (Å²) in [4.78, 5) is 2.65. The maximum atomic E-state index is 6.43. The van der Waals surface area contributed by atoms with Crippen molar-refractivity contribution in [3.8, 4) is 0 Å². The van der Waals surface area contributed by atoms with E-state index in [1.54, 1.807) is 0 Å². The molecule has 1 saturated heterocycles. The fourth-order valence-electron chi connectivity index (χ4n) is 3.73. The third-order valence-electron chi connectivity index (χ3n) is 5.13. The van der Waals surface area contributed by atoms with Gasteiger partial charge in [0.15, 0.2) is 0 Å². The number of hydrogen-bond donors (Lipinski definition) is 1. The van der Waals surface area contributed by atoms with E-state index in [-0.39, 0.29) is 0 Å². The summed E-state index contributed by atoms with van der Waals surface area (Å²) in [7, 11) is 0. The molecular weight excluding hydrogens is 244 g/mol. The van der Waals surface area contributed by atoms with Gasteiger partial charge in [-0.1, -0.05) is 58.8 Å². The summed E-state index contributed by atoms with van der Waals surface area (Å²) in [6.07, 6.45) is 16.4. The number of unbranched alkanes of at least 4 members (excludes halogenated alkanes) is 5. The van der Waals surface area contributed by atoms with Crippen molar-refractivity contribution in [2.45, 2.75) is 110 Å². The lowest BCUT2D eigenvalue weighted by molar-refractivity contribution is 0.0156. The van der Waals surface area contributed by atoms with Gasteiger partial charge in [0.1, 0.15) is 0 Å². The topological polar surface area (TPSA) is 29.3 Å². The Bertz CT molecular complexity index is 242. The maximum absolute atomic E-state index is 6.43. The summed E-state index contributed by atoms with van der Waals surface area (Å²) in [6, 6.07) is 0. The molecule has 0 aromatic heterocycles. The zero-order valence-corrected chi connectivity index (χ0v) is 14.3. The maximum Gasteiger partial charge on any atom is 0.0576 e. The van der Waals surface area contributed by atoms with Gasteiger partial charge in [0, 0.05) is 12.1 Å². The second kappa shape index (κ2) is 9.78. The molecule has 1 aliphatic rings. The average molecular weight is 283 g/mol. The summed E-state index contributed by atoms with van der Waals surface area (Å²) < 4.78 is 0. The number of piperidine rings is 1. The van der Waals surface area contributed by atoms with Crippen molar-refractivity contribution in [2.75, 3.05) is 6.54 Å². The average Bonchev–Trinajstić information content (AvgIpc) is 2.44. The highest BCUT2D eigenvalue weighted by molar-refractivity contribution is 4.90.